The summed E-state index contributed by atoms with van der Waals surface area (Å²) >= 11 is 0. The van der Waals surface area contributed by atoms with Gasteiger partial charge >= 0.3 is 0 Å². The number of amides is 2. The maximum Gasteiger partial charge on any atom is 0.243 e. The van der Waals surface area contributed by atoms with Crippen LogP contribution in [0.25, 0.3) is 0 Å². The van der Waals surface area contributed by atoms with E-state index >= 15 is 0 Å². The number of hydrogen-bond donors (Lipinski definition) is 2. The zero-order valence-electron chi connectivity index (χ0n) is 9.57. The van der Waals surface area contributed by atoms with E-state index in [2.05, 4.69) is 5.32 Å². The van der Waals surface area contributed by atoms with E-state index in [-0.39, 0.29) is 18.4 Å². The zero-order chi connectivity index (χ0) is 11.8. The van der Waals surface area contributed by atoms with Crippen molar-refractivity contribution in [3.63, 3.8) is 0 Å². The van der Waals surface area contributed by atoms with E-state index in [0.29, 0.717) is 0 Å². The van der Waals surface area contributed by atoms with Crippen molar-refractivity contribution in [1.82, 2.24) is 10.2 Å². The van der Waals surface area contributed by atoms with Gasteiger partial charge in [-0.2, -0.15) is 0 Å². The molecule has 86 valence electrons. The van der Waals surface area contributed by atoms with Crippen LogP contribution in [0.3, 0.4) is 0 Å². The summed E-state index contributed by atoms with van der Waals surface area (Å²) in [5.41, 5.74) is -0.605. The summed E-state index contributed by atoms with van der Waals surface area (Å²) in [6.07, 6.45) is -0.663. The molecule has 1 heterocycles. The number of hydrogen-bond acceptors (Lipinski definition) is 3. The fourth-order valence-electron chi connectivity index (χ4n) is 2.04. The van der Waals surface area contributed by atoms with Crippen LogP contribution in [-0.2, 0) is 9.59 Å². The molecule has 1 aliphatic heterocycles. The van der Waals surface area contributed by atoms with Crippen LogP contribution in [0.15, 0.2) is 0 Å². The maximum absolute atomic E-state index is 11.7. The van der Waals surface area contributed by atoms with Gasteiger partial charge in [0, 0.05) is 25.9 Å². The highest BCUT2D eigenvalue weighted by atomic mass is 16.3. The smallest absolute Gasteiger partial charge is 0.243 e. The van der Waals surface area contributed by atoms with Gasteiger partial charge in [0.2, 0.25) is 11.8 Å². The molecule has 0 aromatic carbocycles. The Morgan fingerprint density at radius 3 is 2.40 bits per heavy atom. The van der Waals surface area contributed by atoms with Gasteiger partial charge in [0.25, 0.3) is 0 Å². The largest absolute Gasteiger partial charge is 0.391 e. The Hall–Kier alpha value is -1.10. The van der Waals surface area contributed by atoms with Crippen molar-refractivity contribution in [3.05, 3.63) is 0 Å². The van der Waals surface area contributed by atoms with Gasteiger partial charge in [-0.3, -0.25) is 9.59 Å². The normalized spacial score (nSPS) is 29.0. The van der Waals surface area contributed by atoms with Crippen LogP contribution >= 0.6 is 0 Å². The fraction of sp³-hybridized carbons (Fsp3) is 0.800. The molecule has 5 nitrogen and oxygen atoms in total. The van der Waals surface area contributed by atoms with Gasteiger partial charge in [-0.05, 0) is 0 Å². The van der Waals surface area contributed by atoms with Crippen LogP contribution < -0.4 is 5.32 Å². The lowest BCUT2D eigenvalue weighted by Crippen LogP contribution is -2.50. The Bertz CT molecular complexity index is 288. The first-order chi connectivity index (χ1) is 6.82. The molecule has 0 bridgehead atoms. The molecule has 5 heteroatoms. The molecule has 1 aliphatic rings. The minimum atomic E-state index is -0.663. The first-order valence-corrected chi connectivity index (χ1v) is 4.99. The molecule has 2 amide bonds. The minimum absolute atomic E-state index is 0.187. The second-order valence-corrected chi connectivity index (χ2v) is 4.53. The summed E-state index contributed by atoms with van der Waals surface area (Å²) in [6, 6.07) is -0.588. The van der Waals surface area contributed by atoms with Gasteiger partial charge in [-0.15, -0.1) is 0 Å². The molecule has 1 rings (SSSR count). The first-order valence-electron chi connectivity index (χ1n) is 4.99. The van der Waals surface area contributed by atoms with Crippen LogP contribution in [0.4, 0.5) is 0 Å². The van der Waals surface area contributed by atoms with Gasteiger partial charge < -0.3 is 15.3 Å². The SMILES string of the molecule is CNC(=O)[C@H]1N(C(C)=O)C[C@H](O)C1(C)C. The molecule has 0 aromatic rings. The first kappa shape index (κ1) is 12.0. The molecule has 0 unspecified atom stereocenters. The maximum atomic E-state index is 11.7. The van der Waals surface area contributed by atoms with E-state index in [9.17, 15) is 14.7 Å². The number of aliphatic hydroxyl groups excluding tert-OH is 1. The zero-order valence-corrected chi connectivity index (χ0v) is 9.57. The summed E-state index contributed by atoms with van der Waals surface area (Å²) in [5.74, 6) is -0.417. The van der Waals surface area contributed by atoms with Gasteiger partial charge in [0.1, 0.15) is 6.04 Å². The Labute approximate surface area is 89.4 Å². The molecule has 1 fully saturated rings. The summed E-state index contributed by atoms with van der Waals surface area (Å²) in [5, 5.41) is 12.3. The lowest BCUT2D eigenvalue weighted by Gasteiger charge is -2.30. The Kier molecular flexibility index (Phi) is 3.04. The number of β-amino-alcohol motifs (C(OH)–C–C–N with tert-alkyl or cyclic N) is 1. The number of rotatable bonds is 1. The van der Waals surface area contributed by atoms with Crippen LogP contribution in [0.1, 0.15) is 20.8 Å². The van der Waals surface area contributed by atoms with E-state index in [1.54, 1.807) is 13.8 Å². The highest BCUT2D eigenvalue weighted by molar-refractivity contribution is 5.88. The number of aliphatic hydroxyl groups is 1. The van der Waals surface area contributed by atoms with Crippen molar-refractivity contribution in [3.8, 4) is 0 Å². The van der Waals surface area contributed by atoms with Crippen molar-refractivity contribution in [1.29, 1.82) is 0 Å². The molecular weight excluding hydrogens is 196 g/mol. The van der Waals surface area contributed by atoms with E-state index in [0.717, 1.165) is 0 Å². The predicted octanol–water partition coefficient (Wildman–Crippen LogP) is -0.650. The summed E-state index contributed by atoms with van der Waals surface area (Å²) < 4.78 is 0. The van der Waals surface area contributed by atoms with Crippen molar-refractivity contribution < 1.29 is 14.7 Å². The highest BCUT2D eigenvalue weighted by Gasteiger charge is 2.51. The van der Waals surface area contributed by atoms with Crippen LogP contribution in [0, 0.1) is 5.41 Å². The van der Waals surface area contributed by atoms with E-state index in [4.69, 9.17) is 0 Å². The number of nitrogens with zero attached hydrogens (tertiary/aromatic N) is 1. The lowest BCUT2D eigenvalue weighted by molar-refractivity contribution is -0.138. The third-order valence-corrected chi connectivity index (χ3v) is 3.14. The molecule has 2 atom stereocenters. The van der Waals surface area contributed by atoms with Crippen molar-refractivity contribution >= 4 is 11.8 Å². The van der Waals surface area contributed by atoms with E-state index in [1.165, 1.54) is 18.9 Å². The summed E-state index contributed by atoms with van der Waals surface area (Å²) in [4.78, 5) is 24.4. The van der Waals surface area contributed by atoms with Crippen LogP contribution in [0.2, 0.25) is 0 Å². The predicted molar refractivity (Wildman–Crippen MR) is 55.0 cm³/mol. The monoisotopic (exact) mass is 214 g/mol. The van der Waals surface area contributed by atoms with Crippen LogP contribution in [0.5, 0.6) is 0 Å². The van der Waals surface area contributed by atoms with Crippen molar-refractivity contribution in [2.45, 2.75) is 32.9 Å². The van der Waals surface area contributed by atoms with Gasteiger partial charge in [0.15, 0.2) is 0 Å². The summed E-state index contributed by atoms with van der Waals surface area (Å²) in [6.45, 7) is 5.21. The third-order valence-electron chi connectivity index (χ3n) is 3.14. The molecule has 2 N–H and O–H groups in total. The molecule has 0 radical (unpaired) electrons. The second-order valence-electron chi connectivity index (χ2n) is 4.53. The third kappa shape index (κ3) is 1.84. The topological polar surface area (TPSA) is 69.6 Å². The molecule has 0 aliphatic carbocycles. The van der Waals surface area contributed by atoms with Crippen LogP contribution in [-0.4, -0.2) is 47.6 Å². The van der Waals surface area contributed by atoms with Gasteiger partial charge in [0.05, 0.1) is 6.10 Å². The average Bonchev–Trinajstić information content (AvgIpc) is 2.37. The number of carbonyl (C=O) groups excluding carboxylic acids is 2. The number of likely N-dealkylation sites (N-methyl/N-ethyl adjacent to an activating group) is 1. The highest BCUT2D eigenvalue weighted by Crippen LogP contribution is 2.36. The molecule has 15 heavy (non-hydrogen) atoms. The van der Waals surface area contributed by atoms with E-state index in [1.807, 2.05) is 0 Å². The number of carbonyl (C=O) groups is 2. The average molecular weight is 214 g/mol. The number of nitrogens with one attached hydrogen (secondary N) is 1. The Morgan fingerprint density at radius 1 is 1.47 bits per heavy atom. The van der Waals surface area contributed by atoms with Gasteiger partial charge in [-0.25, -0.2) is 0 Å². The molecule has 0 aromatic heterocycles. The lowest BCUT2D eigenvalue weighted by atomic mass is 9.82. The summed E-state index contributed by atoms with van der Waals surface area (Å²) in [7, 11) is 1.53. The van der Waals surface area contributed by atoms with E-state index < -0.39 is 17.6 Å². The quantitative estimate of drug-likeness (QED) is 0.609. The second kappa shape index (κ2) is 3.81. The fourth-order valence-corrected chi connectivity index (χ4v) is 2.04. The molecule has 0 spiro atoms. The minimum Gasteiger partial charge on any atom is -0.391 e. The molecule has 0 saturated carbocycles. The Balaban J connectivity index is 3.03. The van der Waals surface area contributed by atoms with Crippen molar-refractivity contribution in [2.75, 3.05) is 13.6 Å². The standard InChI is InChI=1S/C10H18N2O3/c1-6(13)12-5-7(14)10(2,3)8(12)9(15)11-4/h7-8,14H,5H2,1-4H3,(H,11,15)/t7-,8+/m0/s1. The van der Waals surface area contributed by atoms with Crippen molar-refractivity contribution in [2.24, 2.45) is 5.41 Å². The molecule has 1 saturated heterocycles. The number of likely N-dealkylation sites (tertiary alicyclic amines) is 1. The van der Waals surface area contributed by atoms with Gasteiger partial charge in [-0.1, -0.05) is 13.8 Å². The Morgan fingerprint density at radius 2 is 2.00 bits per heavy atom. The molecular formula is C10H18N2O3.